The summed E-state index contributed by atoms with van der Waals surface area (Å²) in [6.07, 6.45) is 1.64. The van der Waals surface area contributed by atoms with Crippen molar-refractivity contribution in [1.82, 2.24) is 14.8 Å². The summed E-state index contributed by atoms with van der Waals surface area (Å²) in [5, 5.41) is 3.23. The van der Waals surface area contributed by atoms with E-state index >= 15 is 0 Å². The number of thiazole rings is 1. The quantitative estimate of drug-likeness (QED) is 0.778. The number of rotatable bonds is 6. The predicted octanol–water partition coefficient (Wildman–Crippen LogP) is 2.77. The Labute approximate surface area is 173 Å². The van der Waals surface area contributed by atoms with Crippen LogP contribution in [0.5, 0.6) is 5.75 Å². The van der Waals surface area contributed by atoms with Crippen LogP contribution >= 0.6 is 11.3 Å². The van der Waals surface area contributed by atoms with Crippen LogP contribution in [0.2, 0.25) is 0 Å². The fourth-order valence-corrected chi connectivity index (χ4v) is 4.11. The third-order valence-electron chi connectivity index (χ3n) is 4.66. The highest BCUT2D eigenvalue weighted by Gasteiger charge is 2.23. The third-order valence-corrected chi connectivity index (χ3v) is 5.72. The van der Waals surface area contributed by atoms with Crippen molar-refractivity contribution in [1.29, 1.82) is 0 Å². The van der Waals surface area contributed by atoms with Crippen LogP contribution in [0.3, 0.4) is 0 Å². The van der Waals surface area contributed by atoms with Crippen molar-refractivity contribution in [2.75, 3.05) is 39.0 Å². The Morgan fingerprint density at radius 1 is 1.28 bits per heavy atom. The maximum atomic E-state index is 13.0. The van der Waals surface area contributed by atoms with Gasteiger partial charge in [-0.1, -0.05) is 11.3 Å². The molecule has 2 aromatic rings. The second kappa shape index (κ2) is 9.32. The average Bonchev–Trinajstić information content (AvgIpc) is 3.04. The summed E-state index contributed by atoms with van der Waals surface area (Å²) >= 11 is 1.19. The molecule has 1 N–H and O–H groups in total. The lowest BCUT2D eigenvalue weighted by Crippen LogP contribution is -2.42. The van der Waals surface area contributed by atoms with E-state index in [2.05, 4.69) is 15.2 Å². The Balaban J connectivity index is 1.46. The SMILES string of the molecule is Cc1nc(NC(=O)CN2CCC(Oc3ccc(F)cc3)CC2)sc1C(=O)N(C)C. The van der Waals surface area contributed by atoms with Crippen LogP contribution < -0.4 is 10.1 Å². The summed E-state index contributed by atoms with van der Waals surface area (Å²) in [4.78, 5) is 32.8. The molecule has 2 heterocycles. The van der Waals surface area contributed by atoms with Crippen LogP contribution in [0, 0.1) is 12.7 Å². The van der Waals surface area contributed by atoms with Gasteiger partial charge in [-0.2, -0.15) is 0 Å². The molecule has 0 radical (unpaired) electrons. The predicted molar refractivity (Wildman–Crippen MR) is 110 cm³/mol. The summed E-state index contributed by atoms with van der Waals surface area (Å²) in [6, 6.07) is 6.01. The van der Waals surface area contributed by atoms with E-state index in [1.165, 1.54) is 28.4 Å². The van der Waals surface area contributed by atoms with Crippen LogP contribution in [0.15, 0.2) is 24.3 Å². The molecule has 1 saturated heterocycles. The first kappa shape index (κ1) is 21.2. The zero-order valence-electron chi connectivity index (χ0n) is 16.8. The minimum atomic E-state index is -0.285. The third kappa shape index (κ3) is 5.74. The van der Waals surface area contributed by atoms with E-state index in [1.807, 2.05) is 0 Å². The zero-order valence-corrected chi connectivity index (χ0v) is 17.6. The molecule has 0 atom stereocenters. The van der Waals surface area contributed by atoms with Gasteiger partial charge in [-0.25, -0.2) is 9.37 Å². The molecule has 1 aliphatic rings. The van der Waals surface area contributed by atoms with Crippen LogP contribution in [0.4, 0.5) is 9.52 Å². The molecule has 0 bridgehead atoms. The summed E-state index contributed by atoms with van der Waals surface area (Å²) < 4.78 is 18.8. The molecule has 0 spiro atoms. The maximum Gasteiger partial charge on any atom is 0.265 e. The van der Waals surface area contributed by atoms with E-state index in [0.717, 1.165) is 25.9 Å². The minimum absolute atomic E-state index is 0.0565. The molecule has 1 aromatic carbocycles. The van der Waals surface area contributed by atoms with Gasteiger partial charge in [0, 0.05) is 27.2 Å². The Hall–Kier alpha value is -2.52. The molecule has 1 aliphatic heterocycles. The topological polar surface area (TPSA) is 74.8 Å². The van der Waals surface area contributed by atoms with Gasteiger partial charge in [-0.15, -0.1) is 0 Å². The smallest absolute Gasteiger partial charge is 0.265 e. The standard InChI is InChI=1S/C20H25FN4O3S/c1-13-18(19(27)24(2)3)29-20(22-13)23-17(26)12-25-10-8-16(9-11-25)28-15-6-4-14(21)5-7-15/h4-7,16H,8-12H2,1-3H3,(H,22,23,26). The number of carbonyl (C=O) groups excluding carboxylic acids is 2. The highest BCUT2D eigenvalue weighted by atomic mass is 32.1. The number of halogens is 1. The number of ether oxygens (including phenoxy) is 1. The molecule has 0 aliphatic carbocycles. The number of benzene rings is 1. The number of aryl methyl sites for hydroxylation is 1. The van der Waals surface area contributed by atoms with Gasteiger partial charge in [-0.3, -0.25) is 14.5 Å². The van der Waals surface area contributed by atoms with Crippen LogP contribution in [-0.2, 0) is 4.79 Å². The number of carbonyl (C=O) groups is 2. The van der Waals surface area contributed by atoms with Crippen molar-refractivity contribution in [3.8, 4) is 5.75 Å². The molecule has 1 aromatic heterocycles. The number of nitrogens with one attached hydrogen (secondary N) is 1. The van der Waals surface area contributed by atoms with Gasteiger partial charge in [0.15, 0.2) is 5.13 Å². The second-order valence-corrected chi connectivity index (χ2v) is 8.23. The van der Waals surface area contributed by atoms with Crippen LogP contribution in [-0.4, -0.2) is 66.4 Å². The van der Waals surface area contributed by atoms with Gasteiger partial charge < -0.3 is 15.0 Å². The van der Waals surface area contributed by atoms with Crippen molar-refractivity contribution >= 4 is 28.3 Å². The average molecular weight is 421 g/mol. The molecule has 1 fully saturated rings. The first-order chi connectivity index (χ1) is 13.8. The number of likely N-dealkylation sites (tertiary alicyclic amines) is 1. The molecular formula is C20H25FN4O3S. The van der Waals surface area contributed by atoms with Gasteiger partial charge in [-0.05, 0) is 44.0 Å². The molecule has 29 heavy (non-hydrogen) atoms. The first-order valence-electron chi connectivity index (χ1n) is 9.45. The van der Waals surface area contributed by atoms with Crippen LogP contribution in [0.1, 0.15) is 28.2 Å². The number of amides is 2. The van der Waals surface area contributed by atoms with E-state index < -0.39 is 0 Å². The van der Waals surface area contributed by atoms with Gasteiger partial charge in [0.25, 0.3) is 5.91 Å². The molecule has 2 amide bonds. The summed E-state index contributed by atoms with van der Waals surface area (Å²) in [6.45, 7) is 3.49. The highest BCUT2D eigenvalue weighted by Crippen LogP contribution is 2.24. The lowest BCUT2D eigenvalue weighted by molar-refractivity contribution is -0.117. The maximum absolute atomic E-state index is 13.0. The van der Waals surface area contributed by atoms with Gasteiger partial charge in [0.05, 0.1) is 12.2 Å². The molecule has 9 heteroatoms. The summed E-state index contributed by atoms with van der Waals surface area (Å²) in [5.41, 5.74) is 0.614. The van der Waals surface area contributed by atoms with Crippen molar-refractivity contribution in [3.63, 3.8) is 0 Å². The van der Waals surface area contributed by atoms with E-state index in [4.69, 9.17) is 4.74 Å². The van der Waals surface area contributed by atoms with Crippen molar-refractivity contribution in [3.05, 3.63) is 40.7 Å². The number of piperidine rings is 1. The molecule has 0 saturated carbocycles. The zero-order chi connectivity index (χ0) is 21.0. The van der Waals surface area contributed by atoms with Gasteiger partial charge in [0.1, 0.15) is 22.5 Å². The Bertz CT molecular complexity index is 861. The largest absolute Gasteiger partial charge is 0.490 e. The number of hydrogen-bond donors (Lipinski definition) is 1. The normalized spacial score (nSPS) is 15.2. The number of hydrogen-bond acceptors (Lipinski definition) is 6. The molecule has 7 nitrogen and oxygen atoms in total. The van der Waals surface area contributed by atoms with Gasteiger partial charge in [0.2, 0.25) is 5.91 Å². The Kier molecular flexibility index (Phi) is 6.81. The number of nitrogens with zero attached hydrogens (tertiary/aromatic N) is 3. The Morgan fingerprint density at radius 3 is 2.55 bits per heavy atom. The summed E-state index contributed by atoms with van der Waals surface area (Å²) in [5.74, 6) is 0.0980. The number of anilines is 1. The van der Waals surface area contributed by atoms with E-state index in [9.17, 15) is 14.0 Å². The minimum Gasteiger partial charge on any atom is -0.490 e. The second-order valence-electron chi connectivity index (χ2n) is 7.23. The lowest BCUT2D eigenvalue weighted by atomic mass is 10.1. The number of aromatic nitrogens is 1. The highest BCUT2D eigenvalue weighted by molar-refractivity contribution is 7.17. The molecule has 3 rings (SSSR count). The Morgan fingerprint density at radius 2 is 1.93 bits per heavy atom. The fourth-order valence-electron chi connectivity index (χ4n) is 3.10. The van der Waals surface area contributed by atoms with Crippen molar-refractivity contribution in [2.45, 2.75) is 25.9 Å². The molecule has 156 valence electrons. The van der Waals surface area contributed by atoms with E-state index in [-0.39, 0.29) is 30.3 Å². The van der Waals surface area contributed by atoms with Gasteiger partial charge >= 0.3 is 0 Å². The first-order valence-corrected chi connectivity index (χ1v) is 10.3. The van der Waals surface area contributed by atoms with Crippen molar-refractivity contribution in [2.24, 2.45) is 0 Å². The fraction of sp³-hybridized carbons (Fsp3) is 0.450. The van der Waals surface area contributed by atoms with Crippen molar-refractivity contribution < 1.29 is 18.7 Å². The van der Waals surface area contributed by atoms with Crippen LogP contribution in [0.25, 0.3) is 0 Å². The lowest BCUT2D eigenvalue weighted by Gasteiger charge is -2.31. The summed E-state index contributed by atoms with van der Waals surface area (Å²) in [7, 11) is 3.37. The molecular weight excluding hydrogens is 395 g/mol. The van der Waals surface area contributed by atoms with E-state index in [0.29, 0.717) is 21.5 Å². The monoisotopic (exact) mass is 420 g/mol. The van der Waals surface area contributed by atoms with E-state index in [1.54, 1.807) is 33.2 Å². The molecule has 0 unspecified atom stereocenters.